The Hall–Kier alpha value is -0.480. The van der Waals surface area contributed by atoms with E-state index in [4.69, 9.17) is 4.74 Å². The van der Waals surface area contributed by atoms with Crippen molar-refractivity contribution in [3.05, 3.63) is 22.2 Å². The second-order valence-corrected chi connectivity index (χ2v) is 3.12. The average Bonchev–Trinajstić information content (AvgIpc) is 2.04. The highest BCUT2D eigenvalue weighted by atomic mass is 79.9. The highest BCUT2D eigenvalue weighted by molar-refractivity contribution is 9.10. The van der Waals surface area contributed by atoms with Crippen molar-refractivity contribution in [3.63, 3.8) is 0 Å². The van der Waals surface area contributed by atoms with Gasteiger partial charge in [0, 0.05) is 6.20 Å². The summed E-state index contributed by atoms with van der Waals surface area (Å²) in [5.41, 5.74) is 2.22. The van der Waals surface area contributed by atoms with Crippen LogP contribution in [0.25, 0.3) is 0 Å². The summed E-state index contributed by atoms with van der Waals surface area (Å²) in [5, 5.41) is 0. The molecule has 2 rings (SSSR count). The molecular formula is C7H7BrN2O. The van der Waals surface area contributed by atoms with E-state index in [-0.39, 0.29) is 0 Å². The maximum atomic E-state index is 5.24. The Bertz CT molecular complexity index is 277. The molecule has 4 heteroatoms. The molecule has 0 saturated carbocycles. The molecule has 3 nitrogen and oxygen atoms in total. The SMILES string of the molecule is Brc1ncc2c(n1)COCC2. The molecule has 0 saturated heterocycles. The number of hydrogen-bond acceptors (Lipinski definition) is 3. The van der Waals surface area contributed by atoms with Crippen LogP contribution in [0.1, 0.15) is 11.3 Å². The van der Waals surface area contributed by atoms with Gasteiger partial charge in [0.2, 0.25) is 0 Å². The van der Waals surface area contributed by atoms with Crippen LogP contribution in [0.5, 0.6) is 0 Å². The summed E-state index contributed by atoms with van der Waals surface area (Å²) < 4.78 is 5.88. The van der Waals surface area contributed by atoms with Gasteiger partial charge >= 0.3 is 0 Å². The maximum absolute atomic E-state index is 5.24. The molecule has 0 amide bonds. The zero-order chi connectivity index (χ0) is 7.68. The number of halogens is 1. The van der Waals surface area contributed by atoms with Gasteiger partial charge in [-0.3, -0.25) is 0 Å². The summed E-state index contributed by atoms with van der Waals surface area (Å²) in [5.74, 6) is 0. The molecule has 1 aliphatic rings. The molecule has 11 heavy (non-hydrogen) atoms. The monoisotopic (exact) mass is 214 g/mol. The van der Waals surface area contributed by atoms with Gasteiger partial charge in [0.05, 0.1) is 18.9 Å². The summed E-state index contributed by atoms with van der Waals surface area (Å²) in [6.45, 7) is 1.41. The smallest absolute Gasteiger partial charge is 0.196 e. The molecule has 1 aromatic heterocycles. The van der Waals surface area contributed by atoms with Crippen LogP contribution < -0.4 is 0 Å². The third-order valence-electron chi connectivity index (χ3n) is 1.68. The molecule has 0 atom stereocenters. The summed E-state index contributed by atoms with van der Waals surface area (Å²) in [6.07, 6.45) is 2.79. The highest BCUT2D eigenvalue weighted by Crippen LogP contribution is 2.14. The minimum absolute atomic E-state index is 0.621. The first kappa shape index (κ1) is 7.18. The molecule has 0 aliphatic carbocycles. The molecule has 0 radical (unpaired) electrons. The van der Waals surface area contributed by atoms with Gasteiger partial charge in [-0.1, -0.05) is 0 Å². The van der Waals surface area contributed by atoms with Gasteiger partial charge in [0.15, 0.2) is 4.73 Å². The molecule has 1 aliphatic heterocycles. The number of aromatic nitrogens is 2. The molecule has 2 heterocycles. The topological polar surface area (TPSA) is 35.0 Å². The Morgan fingerprint density at radius 1 is 1.55 bits per heavy atom. The number of hydrogen-bond donors (Lipinski definition) is 0. The van der Waals surface area contributed by atoms with Crippen LogP contribution in [0.3, 0.4) is 0 Å². The lowest BCUT2D eigenvalue weighted by molar-refractivity contribution is 0.107. The van der Waals surface area contributed by atoms with Crippen molar-refractivity contribution >= 4 is 15.9 Å². The minimum Gasteiger partial charge on any atom is -0.375 e. The van der Waals surface area contributed by atoms with E-state index in [1.807, 2.05) is 6.20 Å². The van der Waals surface area contributed by atoms with Gasteiger partial charge in [-0.15, -0.1) is 0 Å². The molecule has 0 N–H and O–H groups in total. The van der Waals surface area contributed by atoms with Gasteiger partial charge in [-0.25, -0.2) is 9.97 Å². The van der Waals surface area contributed by atoms with E-state index in [1.165, 1.54) is 5.56 Å². The first-order valence-electron chi connectivity index (χ1n) is 3.44. The van der Waals surface area contributed by atoms with Crippen LogP contribution in [0, 0.1) is 0 Å². The van der Waals surface area contributed by atoms with Crippen molar-refractivity contribution < 1.29 is 4.74 Å². The van der Waals surface area contributed by atoms with E-state index in [0.717, 1.165) is 18.7 Å². The fourth-order valence-corrected chi connectivity index (χ4v) is 1.42. The molecule has 0 bridgehead atoms. The Kier molecular flexibility index (Phi) is 1.87. The maximum Gasteiger partial charge on any atom is 0.196 e. The Morgan fingerprint density at radius 2 is 2.45 bits per heavy atom. The lowest BCUT2D eigenvalue weighted by Gasteiger charge is -2.13. The van der Waals surface area contributed by atoms with E-state index < -0.39 is 0 Å². The van der Waals surface area contributed by atoms with E-state index in [1.54, 1.807) is 0 Å². The van der Waals surface area contributed by atoms with Crippen LogP contribution in [0.4, 0.5) is 0 Å². The van der Waals surface area contributed by atoms with Gasteiger partial charge in [-0.05, 0) is 27.9 Å². The van der Waals surface area contributed by atoms with Crippen LogP contribution in [0.2, 0.25) is 0 Å². The predicted molar refractivity (Wildman–Crippen MR) is 43.1 cm³/mol. The lowest BCUT2D eigenvalue weighted by Crippen LogP contribution is -2.12. The largest absolute Gasteiger partial charge is 0.375 e. The van der Waals surface area contributed by atoms with Crippen molar-refractivity contribution in [3.8, 4) is 0 Å². The quantitative estimate of drug-likeness (QED) is 0.612. The van der Waals surface area contributed by atoms with Crippen LogP contribution in [-0.4, -0.2) is 16.6 Å². The third kappa shape index (κ3) is 1.41. The highest BCUT2D eigenvalue weighted by Gasteiger charge is 2.10. The van der Waals surface area contributed by atoms with Crippen molar-refractivity contribution in [2.24, 2.45) is 0 Å². The van der Waals surface area contributed by atoms with Crippen LogP contribution in [0.15, 0.2) is 10.9 Å². The van der Waals surface area contributed by atoms with Gasteiger partial charge < -0.3 is 4.74 Å². The first-order chi connectivity index (χ1) is 5.36. The third-order valence-corrected chi connectivity index (χ3v) is 2.06. The zero-order valence-corrected chi connectivity index (χ0v) is 7.47. The van der Waals surface area contributed by atoms with Gasteiger partial charge in [0.1, 0.15) is 0 Å². The minimum atomic E-state index is 0.621. The standard InChI is InChI=1S/C7H7BrN2O/c8-7-9-3-5-1-2-11-4-6(5)10-7/h3H,1-2,4H2. The van der Waals surface area contributed by atoms with Crippen LogP contribution >= 0.6 is 15.9 Å². The second kappa shape index (κ2) is 2.87. The van der Waals surface area contributed by atoms with E-state index in [2.05, 4.69) is 25.9 Å². The van der Waals surface area contributed by atoms with Gasteiger partial charge in [-0.2, -0.15) is 0 Å². The van der Waals surface area contributed by atoms with Crippen molar-refractivity contribution in [2.75, 3.05) is 6.61 Å². The van der Waals surface area contributed by atoms with Crippen molar-refractivity contribution in [2.45, 2.75) is 13.0 Å². The van der Waals surface area contributed by atoms with Crippen molar-refractivity contribution in [1.29, 1.82) is 0 Å². The van der Waals surface area contributed by atoms with E-state index in [0.29, 0.717) is 11.3 Å². The number of nitrogens with zero attached hydrogens (tertiary/aromatic N) is 2. The first-order valence-corrected chi connectivity index (χ1v) is 4.23. The summed E-state index contributed by atoms with van der Waals surface area (Å²) in [4.78, 5) is 8.24. The van der Waals surface area contributed by atoms with Gasteiger partial charge in [0.25, 0.3) is 0 Å². The van der Waals surface area contributed by atoms with E-state index >= 15 is 0 Å². The summed E-state index contributed by atoms with van der Waals surface area (Å²) in [7, 11) is 0. The summed E-state index contributed by atoms with van der Waals surface area (Å²) in [6, 6.07) is 0. The second-order valence-electron chi connectivity index (χ2n) is 2.41. The Morgan fingerprint density at radius 3 is 3.36 bits per heavy atom. The van der Waals surface area contributed by atoms with E-state index in [9.17, 15) is 0 Å². The molecule has 0 aromatic carbocycles. The predicted octanol–water partition coefficient (Wildman–Crippen LogP) is 1.31. The molecule has 0 spiro atoms. The average molecular weight is 215 g/mol. The molecule has 0 fully saturated rings. The lowest BCUT2D eigenvalue weighted by atomic mass is 10.1. The number of fused-ring (bicyclic) bond motifs is 1. The Balaban J connectivity index is 2.43. The van der Waals surface area contributed by atoms with Crippen LogP contribution in [-0.2, 0) is 17.8 Å². The Labute approximate surface area is 72.9 Å². The fourth-order valence-electron chi connectivity index (χ4n) is 1.10. The molecular weight excluding hydrogens is 208 g/mol. The number of ether oxygens (including phenoxy) is 1. The fraction of sp³-hybridized carbons (Fsp3) is 0.429. The summed E-state index contributed by atoms with van der Waals surface area (Å²) >= 11 is 3.21. The molecule has 1 aromatic rings. The number of rotatable bonds is 0. The molecule has 58 valence electrons. The normalized spacial score (nSPS) is 16.1. The zero-order valence-electron chi connectivity index (χ0n) is 5.88. The molecule has 0 unspecified atom stereocenters. The van der Waals surface area contributed by atoms with Crippen molar-refractivity contribution in [1.82, 2.24) is 9.97 Å².